The Morgan fingerprint density at radius 2 is 2.30 bits per heavy atom. The van der Waals surface area contributed by atoms with Gasteiger partial charge in [0.1, 0.15) is 0 Å². The fourth-order valence-electron chi connectivity index (χ4n) is 3.58. The number of nitrogens with zero attached hydrogens (tertiary/aromatic N) is 3. The minimum absolute atomic E-state index is 0.0293. The standard InChI is InChI=1S/C14H19N5O/c1-9-4-13-16-11(5-14(20)19(13)17-9)8-18-3-2-10-6-15-7-12(10)18/h4-5,10,12,15,17H,2-3,6-8H2,1H3/t10-,12+/m1/s1. The Hall–Kier alpha value is -1.66. The Morgan fingerprint density at radius 1 is 1.40 bits per heavy atom. The molecule has 0 bridgehead atoms. The second-order valence-electron chi connectivity index (χ2n) is 5.96. The van der Waals surface area contributed by atoms with Gasteiger partial charge in [-0.05, 0) is 32.4 Å². The van der Waals surface area contributed by atoms with Gasteiger partial charge in [0, 0.05) is 37.0 Å². The number of aryl methyl sites for hydroxylation is 1. The van der Waals surface area contributed by atoms with Gasteiger partial charge >= 0.3 is 0 Å². The number of aromatic nitrogens is 3. The van der Waals surface area contributed by atoms with Gasteiger partial charge in [0.2, 0.25) is 0 Å². The van der Waals surface area contributed by atoms with Crippen molar-refractivity contribution in [3.8, 4) is 0 Å². The molecule has 6 heteroatoms. The zero-order chi connectivity index (χ0) is 13.7. The molecule has 0 saturated carbocycles. The highest BCUT2D eigenvalue weighted by molar-refractivity contribution is 5.39. The monoisotopic (exact) mass is 273 g/mol. The number of hydrogen-bond acceptors (Lipinski definition) is 4. The number of fused-ring (bicyclic) bond motifs is 2. The maximum Gasteiger partial charge on any atom is 0.272 e. The number of H-pyrrole nitrogens is 1. The van der Waals surface area contributed by atoms with Crippen LogP contribution in [0.2, 0.25) is 0 Å². The smallest absolute Gasteiger partial charge is 0.272 e. The van der Waals surface area contributed by atoms with Crippen molar-refractivity contribution < 1.29 is 0 Å². The van der Waals surface area contributed by atoms with Crippen molar-refractivity contribution in [1.29, 1.82) is 0 Å². The van der Waals surface area contributed by atoms with Gasteiger partial charge in [-0.3, -0.25) is 14.8 Å². The molecule has 2 aliphatic heterocycles. The van der Waals surface area contributed by atoms with E-state index in [9.17, 15) is 4.79 Å². The maximum atomic E-state index is 12.1. The molecule has 2 atom stereocenters. The van der Waals surface area contributed by atoms with E-state index in [1.807, 2.05) is 13.0 Å². The Kier molecular flexibility index (Phi) is 2.68. The minimum atomic E-state index is -0.0293. The zero-order valence-electron chi connectivity index (χ0n) is 11.6. The third-order valence-electron chi connectivity index (χ3n) is 4.56. The van der Waals surface area contributed by atoms with Crippen molar-refractivity contribution in [3.63, 3.8) is 0 Å². The van der Waals surface area contributed by atoms with Crippen LogP contribution in [0.3, 0.4) is 0 Å². The first-order valence-corrected chi connectivity index (χ1v) is 7.24. The predicted octanol–water partition coefficient (Wildman–Crippen LogP) is 0.125. The van der Waals surface area contributed by atoms with Gasteiger partial charge in [-0.1, -0.05) is 0 Å². The molecule has 2 fully saturated rings. The molecule has 4 heterocycles. The molecule has 0 aromatic carbocycles. The van der Waals surface area contributed by atoms with Gasteiger partial charge in [0.25, 0.3) is 5.56 Å². The van der Waals surface area contributed by atoms with E-state index in [0.717, 1.165) is 43.5 Å². The lowest BCUT2D eigenvalue weighted by molar-refractivity contribution is 0.241. The quantitative estimate of drug-likeness (QED) is 0.816. The lowest BCUT2D eigenvalue weighted by atomic mass is 10.1. The number of nitrogens with one attached hydrogen (secondary N) is 2. The summed E-state index contributed by atoms with van der Waals surface area (Å²) in [4.78, 5) is 19.1. The fraction of sp³-hybridized carbons (Fsp3) is 0.571. The molecule has 2 aromatic rings. The maximum absolute atomic E-state index is 12.1. The van der Waals surface area contributed by atoms with Crippen LogP contribution in [-0.4, -0.2) is 45.2 Å². The summed E-state index contributed by atoms with van der Waals surface area (Å²) in [5, 5.41) is 6.45. The van der Waals surface area contributed by atoms with Crippen molar-refractivity contribution in [2.75, 3.05) is 19.6 Å². The molecule has 0 amide bonds. The normalized spacial score (nSPS) is 26.4. The van der Waals surface area contributed by atoms with Gasteiger partial charge in [0.05, 0.1) is 5.69 Å². The molecule has 4 rings (SSSR count). The Bertz CT molecular complexity index is 703. The first-order chi connectivity index (χ1) is 9.70. The van der Waals surface area contributed by atoms with Crippen molar-refractivity contribution in [1.82, 2.24) is 24.8 Å². The highest BCUT2D eigenvalue weighted by atomic mass is 16.1. The summed E-state index contributed by atoms with van der Waals surface area (Å²) in [5.41, 5.74) is 2.51. The lowest BCUT2D eigenvalue weighted by Gasteiger charge is -2.22. The zero-order valence-corrected chi connectivity index (χ0v) is 11.6. The van der Waals surface area contributed by atoms with Crippen molar-refractivity contribution in [3.05, 3.63) is 33.9 Å². The molecular formula is C14H19N5O. The van der Waals surface area contributed by atoms with Crippen molar-refractivity contribution in [2.24, 2.45) is 5.92 Å². The largest absolute Gasteiger partial charge is 0.315 e. The highest BCUT2D eigenvalue weighted by Crippen LogP contribution is 2.28. The Morgan fingerprint density at radius 3 is 3.20 bits per heavy atom. The van der Waals surface area contributed by atoms with Gasteiger partial charge in [0.15, 0.2) is 5.65 Å². The average molecular weight is 273 g/mol. The van der Waals surface area contributed by atoms with Crippen LogP contribution in [0.15, 0.2) is 16.9 Å². The second-order valence-corrected chi connectivity index (χ2v) is 5.96. The summed E-state index contributed by atoms with van der Waals surface area (Å²) in [7, 11) is 0. The second kappa shape index (κ2) is 4.43. The molecule has 20 heavy (non-hydrogen) atoms. The summed E-state index contributed by atoms with van der Waals surface area (Å²) in [6.45, 7) is 6.02. The van der Waals surface area contributed by atoms with E-state index in [4.69, 9.17) is 0 Å². The van der Waals surface area contributed by atoms with E-state index >= 15 is 0 Å². The lowest BCUT2D eigenvalue weighted by Crippen LogP contribution is -2.34. The number of likely N-dealkylation sites (tertiary alicyclic amines) is 1. The Balaban J connectivity index is 1.64. The topological polar surface area (TPSA) is 65.4 Å². The molecule has 2 saturated heterocycles. The number of rotatable bonds is 2. The van der Waals surface area contributed by atoms with Crippen LogP contribution in [0.1, 0.15) is 17.8 Å². The molecule has 0 radical (unpaired) electrons. The SMILES string of the molecule is Cc1cc2nc(CN3CC[C@@H]4CNC[C@@H]43)cc(=O)n2[nH]1. The van der Waals surface area contributed by atoms with Crippen LogP contribution in [-0.2, 0) is 6.54 Å². The van der Waals surface area contributed by atoms with Crippen LogP contribution in [0.4, 0.5) is 0 Å². The molecule has 0 unspecified atom stereocenters. The summed E-state index contributed by atoms with van der Waals surface area (Å²) in [6.07, 6.45) is 1.25. The first kappa shape index (κ1) is 12.1. The molecule has 0 spiro atoms. The molecule has 2 aliphatic rings. The van der Waals surface area contributed by atoms with Crippen LogP contribution in [0.25, 0.3) is 5.65 Å². The van der Waals surface area contributed by atoms with E-state index in [1.54, 1.807) is 6.07 Å². The van der Waals surface area contributed by atoms with E-state index in [2.05, 4.69) is 20.3 Å². The predicted molar refractivity (Wildman–Crippen MR) is 75.7 cm³/mol. The molecule has 2 aromatic heterocycles. The Labute approximate surface area is 116 Å². The summed E-state index contributed by atoms with van der Waals surface area (Å²) in [5.74, 6) is 0.773. The van der Waals surface area contributed by atoms with Crippen LogP contribution in [0.5, 0.6) is 0 Å². The van der Waals surface area contributed by atoms with Crippen LogP contribution >= 0.6 is 0 Å². The van der Waals surface area contributed by atoms with Gasteiger partial charge in [-0.2, -0.15) is 0 Å². The summed E-state index contributed by atoms with van der Waals surface area (Å²) < 4.78 is 1.50. The first-order valence-electron chi connectivity index (χ1n) is 7.24. The minimum Gasteiger partial charge on any atom is -0.315 e. The van der Waals surface area contributed by atoms with E-state index in [1.165, 1.54) is 10.9 Å². The van der Waals surface area contributed by atoms with Gasteiger partial charge in [-0.15, -0.1) is 0 Å². The summed E-state index contributed by atoms with van der Waals surface area (Å²) >= 11 is 0. The van der Waals surface area contributed by atoms with Gasteiger partial charge < -0.3 is 5.32 Å². The van der Waals surface area contributed by atoms with E-state index < -0.39 is 0 Å². The van der Waals surface area contributed by atoms with E-state index in [0.29, 0.717) is 11.7 Å². The number of hydrogen-bond donors (Lipinski definition) is 2. The molecule has 0 aliphatic carbocycles. The third kappa shape index (κ3) is 1.87. The third-order valence-corrected chi connectivity index (χ3v) is 4.56. The number of aromatic amines is 1. The van der Waals surface area contributed by atoms with Crippen LogP contribution in [0, 0.1) is 12.8 Å². The fourth-order valence-corrected chi connectivity index (χ4v) is 3.58. The van der Waals surface area contributed by atoms with Crippen LogP contribution < -0.4 is 10.9 Å². The van der Waals surface area contributed by atoms with Gasteiger partial charge in [-0.25, -0.2) is 9.50 Å². The summed E-state index contributed by atoms with van der Waals surface area (Å²) in [6, 6.07) is 4.18. The molecular weight excluding hydrogens is 254 g/mol. The average Bonchev–Trinajstić information content (AvgIpc) is 3.06. The molecule has 2 N–H and O–H groups in total. The van der Waals surface area contributed by atoms with Crippen molar-refractivity contribution in [2.45, 2.75) is 25.9 Å². The molecule has 6 nitrogen and oxygen atoms in total. The molecule has 106 valence electrons. The van der Waals surface area contributed by atoms with E-state index in [-0.39, 0.29) is 5.56 Å². The van der Waals surface area contributed by atoms with Crippen molar-refractivity contribution >= 4 is 5.65 Å². The highest BCUT2D eigenvalue weighted by Gasteiger charge is 2.37.